The summed E-state index contributed by atoms with van der Waals surface area (Å²) in [6.07, 6.45) is 1.88. The molecule has 0 saturated carbocycles. The highest BCUT2D eigenvalue weighted by molar-refractivity contribution is 7.99. The van der Waals surface area contributed by atoms with E-state index < -0.39 is 0 Å². The number of halogens is 1. The van der Waals surface area contributed by atoms with E-state index in [1.54, 1.807) is 6.07 Å². The van der Waals surface area contributed by atoms with Crippen molar-refractivity contribution in [2.24, 2.45) is 0 Å². The van der Waals surface area contributed by atoms with Crippen LogP contribution >= 0.6 is 11.8 Å². The van der Waals surface area contributed by atoms with Crippen LogP contribution in [0, 0.1) is 12.7 Å². The van der Waals surface area contributed by atoms with Crippen LogP contribution in [0.4, 0.5) is 9.18 Å². The summed E-state index contributed by atoms with van der Waals surface area (Å²) in [5, 5.41) is 15.4. The van der Waals surface area contributed by atoms with Gasteiger partial charge in [0, 0.05) is 22.2 Å². The molecule has 2 aromatic rings. The molecule has 1 aromatic heterocycles. The predicted molar refractivity (Wildman–Crippen MR) is 90.1 cm³/mol. The van der Waals surface area contributed by atoms with Crippen molar-refractivity contribution in [3.05, 3.63) is 35.3 Å². The van der Waals surface area contributed by atoms with Gasteiger partial charge in [-0.25, -0.2) is 9.18 Å². The van der Waals surface area contributed by atoms with E-state index in [2.05, 4.69) is 10.6 Å². The molecule has 1 heterocycles. The fourth-order valence-electron chi connectivity index (χ4n) is 2.36. The Hall–Kier alpha value is -1.73. The molecule has 0 aliphatic heterocycles. The van der Waals surface area contributed by atoms with Crippen LogP contribution in [0.1, 0.15) is 18.2 Å². The maximum absolute atomic E-state index is 13.3. The maximum Gasteiger partial charge on any atom is 0.315 e. The first-order chi connectivity index (χ1) is 11.0. The summed E-state index contributed by atoms with van der Waals surface area (Å²) >= 11 is 1.49. The molecule has 2 amide bonds. The number of carbonyl (C=O) groups is 1. The zero-order valence-electron chi connectivity index (χ0n) is 13.4. The van der Waals surface area contributed by atoms with E-state index in [0.29, 0.717) is 16.7 Å². The highest BCUT2D eigenvalue weighted by Gasteiger charge is 2.18. The molecule has 0 spiro atoms. The molecule has 2 atom stereocenters. The van der Waals surface area contributed by atoms with E-state index >= 15 is 0 Å². The van der Waals surface area contributed by atoms with Crippen LogP contribution in [-0.4, -0.2) is 35.3 Å². The second-order valence-electron chi connectivity index (χ2n) is 5.36. The standard InChI is InChI=1S/C16H21FN2O3S/c1-9-12-6-11(17)4-5-13(12)22-14(9)7-18-16(21)19-10(2)15(8-20)23-3/h4-6,10,15,20H,7-8H2,1-3H3,(H2,18,19,21). The van der Waals surface area contributed by atoms with Crippen molar-refractivity contribution in [1.29, 1.82) is 0 Å². The summed E-state index contributed by atoms with van der Waals surface area (Å²) in [6.45, 7) is 3.88. The van der Waals surface area contributed by atoms with Crippen LogP contribution in [0.5, 0.6) is 0 Å². The average Bonchev–Trinajstić information content (AvgIpc) is 2.82. The van der Waals surface area contributed by atoms with Crippen molar-refractivity contribution >= 4 is 28.8 Å². The zero-order valence-corrected chi connectivity index (χ0v) is 14.2. The lowest BCUT2D eigenvalue weighted by atomic mass is 10.1. The van der Waals surface area contributed by atoms with Gasteiger partial charge in [0.2, 0.25) is 0 Å². The Kier molecular flexibility index (Phi) is 5.90. The summed E-state index contributed by atoms with van der Waals surface area (Å²) in [4.78, 5) is 11.9. The van der Waals surface area contributed by atoms with Gasteiger partial charge < -0.3 is 20.2 Å². The Bertz CT molecular complexity index is 685. The fourth-order valence-corrected chi connectivity index (χ4v) is 2.99. The number of aryl methyl sites for hydroxylation is 1. The van der Waals surface area contributed by atoms with Gasteiger partial charge in [-0.2, -0.15) is 11.8 Å². The molecule has 0 saturated heterocycles. The number of furan rings is 1. The second-order valence-corrected chi connectivity index (χ2v) is 6.44. The first-order valence-corrected chi connectivity index (χ1v) is 8.60. The number of hydrogen-bond acceptors (Lipinski definition) is 4. The van der Waals surface area contributed by atoms with Crippen LogP contribution in [0.2, 0.25) is 0 Å². The molecule has 0 aliphatic rings. The third-order valence-electron chi connectivity index (χ3n) is 3.81. The van der Waals surface area contributed by atoms with Gasteiger partial charge in [0.05, 0.1) is 13.2 Å². The maximum atomic E-state index is 13.3. The molecule has 0 aliphatic carbocycles. The van der Waals surface area contributed by atoms with E-state index in [9.17, 15) is 14.3 Å². The zero-order chi connectivity index (χ0) is 17.0. The quantitative estimate of drug-likeness (QED) is 0.756. The first kappa shape index (κ1) is 17.6. The summed E-state index contributed by atoms with van der Waals surface area (Å²) in [6, 6.07) is 3.84. The fraction of sp³-hybridized carbons (Fsp3) is 0.438. The van der Waals surface area contributed by atoms with Gasteiger partial charge in [-0.05, 0) is 38.3 Å². The van der Waals surface area contributed by atoms with Crippen LogP contribution in [0.3, 0.4) is 0 Å². The third-order valence-corrected chi connectivity index (χ3v) is 4.97. The van der Waals surface area contributed by atoms with Crippen LogP contribution in [0.15, 0.2) is 22.6 Å². The first-order valence-electron chi connectivity index (χ1n) is 7.31. The SMILES string of the molecule is CSC(CO)C(C)NC(=O)NCc1oc2ccc(F)cc2c1C. The molecule has 126 valence electrons. The van der Waals surface area contributed by atoms with Crippen molar-refractivity contribution in [2.75, 3.05) is 12.9 Å². The molecule has 0 radical (unpaired) electrons. The van der Waals surface area contributed by atoms with E-state index in [1.165, 1.54) is 23.9 Å². The minimum atomic E-state index is -0.337. The lowest BCUT2D eigenvalue weighted by Crippen LogP contribution is -2.45. The summed E-state index contributed by atoms with van der Waals surface area (Å²) in [7, 11) is 0. The van der Waals surface area contributed by atoms with Gasteiger partial charge in [-0.1, -0.05) is 0 Å². The molecule has 0 fully saturated rings. The Morgan fingerprint density at radius 2 is 2.22 bits per heavy atom. The third kappa shape index (κ3) is 4.17. The second kappa shape index (κ2) is 7.70. The molecule has 7 heteroatoms. The largest absolute Gasteiger partial charge is 0.459 e. The topological polar surface area (TPSA) is 74.5 Å². The summed E-state index contributed by atoms with van der Waals surface area (Å²) in [5.74, 6) is 0.275. The van der Waals surface area contributed by atoms with E-state index in [1.807, 2.05) is 20.1 Å². The lowest BCUT2D eigenvalue weighted by Gasteiger charge is -2.21. The molecule has 23 heavy (non-hydrogen) atoms. The number of nitrogens with one attached hydrogen (secondary N) is 2. The molecule has 2 rings (SSSR count). The van der Waals surface area contributed by atoms with Gasteiger partial charge in [0.25, 0.3) is 0 Å². The van der Waals surface area contributed by atoms with Crippen LogP contribution in [0.25, 0.3) is 11.0 Å². The summed E-state index contributed by atoms with van der Waals surface area (Å²) in [5.41, 5.74) is 1.41. The van der Waals surface area contributed by atoms with E-state index in [4.69, 9.17) is 4.42 Å². The summed E-state index contributed by atoms with van der Waals surface area (Å²) < 4.78 is 18.9. The van der Waals surface area contributed by atoms with Gasteiger partial charge in [-0.15, -0.1) is 0 Å². The Labute approximate surface area is 138 Å². The molecular weight excluding hydrogens is 319 g/mol. The smallest absolute Gasteiger partial charge is 0.315 e. The van der Waals surface area contributed by atoms with E-state index in [-0.39, 0.29) is 36.3 Å². The van der Waals surface area contributed by atoms with Gasteiger partial charge in [-0.3, -0.25) is 0 Å². The number of urea groups is 1. The molecule has 5 nitrogen and oxygen atoms in total. The van der Waals surface area contributed by atoms with E-state index in [0.717, 1.165) is 5.56 Å². The number of fused-ring (bicyclic) bond motifs is 1. The molecule has 1 aromatic carbocycles. The highest BCUT2D eigenvalue weighted by atomic mass is 32.2. The number of rotatable bonds is 6. The minimum Gasteiger partial charge on any atom is -0.459 e. The Balaban J connectivity index is 1.98. The lowest BCUT2D eigenvalue weighted by molar-refractivity contribution is 0.231. The average molecular weight is 340 g/mol. The monoisotopic (exact) mass is 340 g/mol. The predicted octanol–water partition coefficient (Wildman–Crippen LogP) is 2.79. The van der Waals surface area contributed by atoms with Crippen molar-refractivity contribution in [1.82, 2.24) is 10.6 Å². The van der Waals surface area contributed by atoms with Crippen molar-refractivity contribution < 1.29 is 18.7 Å². The Morgan fingerprint density at radius 3 is 2.87 bits per heavy atom. The van der Waals surface area contributed by atoms with Crippen LogP contribution < -0.4 is 10.6 Å². The number of hydrogen-bond donors (Lipinski definition) is 3. The number of aliphatic hydroxyl groups excluding tert-OH is 1. The number of carbonyl (C=O) groups excluding carboxylic acids is 1. The molecular formula is C16H21FN2O3S. The van der Waals surface area contributed by atoms with Crippen LogP contribution in [-0.2, 0) is 6.54 Å². The van der Waals surface area contributed by atoms with Gasteiger partial charge >= 0.3 is 6.03 Å². The van der Waals surface area contributed by atoms with Crippen molar-refractivity contribution in [2.45, 2.75) is 31.7 Å². The van der Waals surface area contributed by atoms with Crippen molar-refractivity contribution in [3.63, 3.8) is 0 Å². The number of thioether (sulfide) groups is 1. The molecule has 0 bridgehead atoms. The molecule has 2 unspecified atom stereocenters. The Morgan fingerprint density at radius 1 is 1.48 bits per heavy atom. The number of benzene rings is 1. The number of amides is 2. The number of aliphatic hydroxyl groups is 1. The highest BCUT2D eigenvalue weighted by Crippen LogP contribution is 2.25. The van der Waals surface area contributed by atoms with Crippen molar-refractivity contribution in [3.8, 4) is 0 Å². The van der Waals surface area contributed by atoms with Gasteiger partial charge in [0.15, 0.2) is 0 Å². The normalized spacial score (nSPS) is 13.8. The van der Waals surface area contributed by atoms with Gasteiger partial charge in [0.1, 0.15) is 17.2 Å². The molecule has 3 N–H and O–H groups in total. The minimum absolute atomic E-state index is 0.00312.